The Morgan fingerprint density at radius 2 is 2.38 bits per heavy atom. The molecule has 0 aliphatic carbocycles. The summed E-state index contributed by atoms with van der Waals surface area (Å²) >= 11 is 0. The highest BCUT2D eigenvalue weighted by Crippen LogP contribution is 2.27. The fourth-order valence-corrected chi connectivity index (χ4v) is 2.15. The number of fused-ring (bicyclic) bond motifs is 1. The van der Waals surface area contributed by atoms with Crippen molar-refractivity contribution in [3.8, 4) is 0 Å². The van der Waals surface area contributed by atoms with Gasteiger partial charge in [0.25, 0.3) is 0 Å². The van der Waals surface area contributed by atoms with Crippen LogP contribution in [0.25, 0.3) is 0 Å². The maximum absolute atomic E-state index is 5.79. The molecule has 1 unspecified atom stereocenters. The largest absolute Gasteiger partial charge is 0.399 e. The summed E-state index contributed by atoms with van der Waals surface area (Å²) in [5.41, 5.74) is 7.84. The minimum absolute atomic E-state index is 0.318. The highest BCUT2D eigenvalue weighted by molar-refractivity contribution is 5.44. The molecule has 0 saturated heterocycles. The third-order valence-electron chi connectivity index (χ3n) is 2.99. The Kier molecular flexibility index (Phi) is 2.06. The molecule has 1 aromatic heterocycles. The van der Waals surface area contributed by atoms with Crippen LogP contribution in [0.4, 0.5) is 11.6 Å². The van der Waals surface area contributed by atoms with Crippen molar-refractivity contribution in [1.29, 1.82) is 0 Å². The number of aryl methyl sites for hydroxylation is 1. The van der Waals surface area contributed by atoms with E-state index in [9.17, 15) is 0 Å². The minimum atomic E-state index is 0.318. The monoisotopic (exact) mass is 214 g/mol. The van der Waals surface area contributed by atoms with Crippen LogP contribution in [-0.2, 0) is 6.54 Å². The van der Waals surface area contributed by atoms with Gasteiger partial charge in [-0.1, -0.05) is 12.1 Å². The second-order valence-corrected chi connectivity index (χ2v) is 4.10. The molecular formula is C12H14N4. The first kappa shape index (κ1) is 9.27. The van der Waals surface area contributed by atoms with E-state index in [0.717, 1.165) is 24.6 Å². The van der Waals surface area contributed by atoms with E-state index in [0.29, 0.717) is 6.04 Å². The van der Waals surface area contributed by atoms with Crippen LogP contribution in [0.3, 0.4) is 0 Å². The lowest BCUT2D eigenvalue weighted by Crippen LogP contribution is -2.21. The van der Waals surface area contributed by atoms with Crippen LogP contribution < -0.4 is 11.1 Å². The van der Waals surface area contributed by atoms with Gasteiger partial charge in [0.05, 0.1) is 6.04 Å². The summed E-state index contributed by atoms with van der Waals surface area (Å²) in [7, 11) is 0. The Morgan fingerprint density at radius 3 is 3.25 bits per heavy atom. The first-order valence-electron chi connectivity index (χ1n) is 5.46. The third-order valence-corrected chi connectivity index (χ3v) is 2.99. The van der Waals surface area contributed by atoms with Crippen LogP contribution in [-0.4, -0.2) is 9.55 Å². The zero-order valence-corrected chi connectivity index (χ0v) is 8.93. The molecule has 0 fully saturated rings. The molecule has 0 saturated carbocycles. The van der Waals surface area contributed by atoms with Gasteiger partial charge in [-0.15, -0.1) is 0 Å². The summed E-state index contributed by atoms with van der Waals surface area (Å²) in [4.78, 5) is 4.28. The normalized spacial score (nSPS) is 18.9. The molecule has 0 bridgehead atoms. The molecule has 2 heterocycles. The molecule has 1 atom stereocenters. The number of anilines is 2. The molecule has 0 radical (unpaired) electrons. The lowest BCUT2D eigenvalue weighted by molar-refractivity contribution is 0.542. The van der Waals surface area contributed by atoms with E-state index in [4.69, 9.17) is 5.73 Å². The van der Waals surface area contributed by atoms with Crippen molar-refractivity contribution in [3.63, 3.8) is 0 Å². The molecule has 0 spiro atoms. The minimum Gasteiger partial charge on any atom is -0.399 e. The number of hydrogen-bond donors (Lipinski definition) is 2. The predicted molar refractivity (Wildman–Crippen MR) is 64.1 cm³/mol. The predicted octanol–water partition coefficient (Wildman–Crippen LogP) is 2.02. The van der Waals surface area contributed by atoms with Crippen molar-refractivity contribution >= 4 is 11.6 Å². The summed E-state index contributed by atoms with van der Waals surface area (Å²) in [5.74, 6) is 0.943. The smallest absolute Gasteiger partial charge is 0.203 e. The molecule has 2 aromatic rings. The fraction of sp³-hybridized carbons (Fsp3) is 0.250. The Morgan fingerprint density at radius 1 is 1.44 bits per heavy atom. The quantitative estimate of drug-likeness (QED) is 0.714. The number of nitrogens with two attached hydrogens (primary N) is 1. The van der Waals surface area contributed by atoms with Crippen LogP contribution in [0.15, 0.2) is 36.7 Å². The van der Waals surface area contributed by atoms with Crippen molar-refractivity contribution < 1.29 is 0 Å². The van der Waals surface area contributed by atoms with Crippen LogP contribution >= 0.6 is 0 Å². The molecule has 16 heavy (non-hydrogen) atoms. The number of imidazole rings is 1. The summed E-state index contributed by atoms with van der Waals surface area (Å²) in [6.45, 7) is 1.00. The van der Waals surface area contributed by atoms with E-state index >= 15 is 0 Å². The average Bonchev–Trinajstić information content (AvgIpc) is 2.75. The van der Waals surface area contributed by atoms with Gasteiger partial charge in [-0.05, 0) is 24.1 Å². The number of aromatic nitrogens is 2. The van der Waals surface area contributed by atoms with Gasteiger partial charge in [-0.25, -0.2) is 4.98 Å². The van der Waals surface area contributed by atoms with E-state index in [-0.39, 0.29) is 0 Å². The number of nitrogens with zero attached hydrogens (tertiary/aromatic N) is 2. The van der Waals surface area contributed by atoms with Gasteiger partial charge in [0.2, 0.25) is 5.95 Å². The second-order valence-electron chi connectivity index (χ2n) is 4.10. The van der Waals surface area contributed by atoms with Crippen LogP contribution in [0.1, 0.15) is 18.0 Å². The zero-order valence-electron chi connectivity index (χ0n) is 8.93. The molecule has 4 nitrogen and oxygen atoms in total. The van der Waals surface area contributed by atoms with Gasteiger partial charge >= 0.3 is 0 Å². The van der Waals surface area contributed by atoms with Crippen molar-refractivity contribution in [2.45, 2.75) is 19.0 Å². The van der Waals surface area contributed by atoms with Crippen molar-refractivity contribution in [1.82, 2.24) is 9.55 Å². The SMILES string of the molecule is Nc1cccc(C2CCn3ccnc3N2)c1. The highest BCUT2D eigenvalue weighted by Gasteiger charge is 2.19. The molecule has 1 aliphatic heterocycles. The number of benzene rings is 1. The van der Waals surface area contributed by atoms with E-state index < -0.39 is 0 Å². The molecule has 3 N–H and O–H groups in total. The topological polar surface area (TPSA) is 55.9 Å². The van der Waals surface area contributed by atoms with Crippen LogP contribution in [0.2, 0.25) is 0 Å². The van der Waals surface area contributed by atoms with Crippen LogP contribution in [0.5, 0.6) is 0 Å². The van der Waals surface area contributed by atoms with Gasteiger partial charge in [-0.2, -0.15) is 0 Å². The lowest BCUT2D eigenvalue weighted by Gasteiger charge is -2.25. The number of nitrogen functional groups attached to an aromatic ring is 1. The summed E-state index contributed by atoms with van der Waals surface area (Å²) in [6.07, 6.45) is 4.88. The Hall–Kier alpha value is -1.97. The molecule has 4 heteroatoms. The molecule has 1 aromatic carbocycles. The van der Waals surface area contributed by atoms with Gasteiger partial charge in [0.1, 0.15) is 0 Å². The van der Waals surface area contributed by atoms with Gasteiger partial charge in [0.15, 0.2) is 0 Å². The zero-order chi connectivity index (χ0) is 11.0. The Bertz CT molecular complexity index is 503. The van der Waals surface area contributed by atoms with Crippen molar-refractivity contribution in [2.75, 3.05) is 11.1 Å². The molecule has 3 rings (SSSR count). The van der Waals surface area contributed by atoms with E-state index in [2.05, 4.69) is 20.9 Å². The molecule has 1 aliphatic rings. The Labute approximate surface area is 94.1 Å². The molecule has 0 amide bonds. The van der Waals surface area contributed by atoms with E-state index in [1.165, 1.54) is 5.56 Å². The van der Waals surface area contributed by atoms with E-state index in [1.54, 1.807) is 0 Å². The number of rotatable bonds is 1. The van der Waals surface area contributed by atoms with Gasteiger partial charge in [-0.3, -0.25) is 0 Å². The van der Waals surface area contributed by atoms with E-state index in [1.807, 2.05) is 30.6 Å². The maximum Gasteiger partial charge on any atom is 0.203 e. The fourth-order valence-electron chi connectivity index (χ4n) is 2.15. The molecule has 82 valence electrons. The standard InChI is InChI=1S/C12H14N4/c13-10-3-1-2-9(8-10)11-4-6-16-7-5-14-12(16)15-11/h1-3,5,7-8,11H,4,6,13H2,(H,14,15). The van der Waals surface area contributed by atoms with Crippen LogP contribution in [0, 0.1) is 0 Å². The summed E-state index contributed by atoms with van der Waals surface area (Å²) in [5, 5.41) is 3.42. The summed E-state index contributed by atoms with van der Waals surface area (Å²) in [6, 6.07) is 8.35. The number of nitrogens with one attached hydrogen (secondary N) is 1. The average molecular weight is 214 g/mol. The number of hydrogen-bond acceptors (Lipinski definition) is 3. The Balaban J connectivity index is 1.88. The third kappa shape index (κ3) is 1.52. The second kappa shape index (κ2) is 3.56. The summed E-state index contributed by atoms with van der Waals surface area (Å²) < 4.78 is 2.13. The van der Waals surface area contributed by atoms with Crippen molar-refractivity contribution in [2.24, 2.45) is 0 Å². The van der Waals surface area contributed by atoms with Gasteiger partial charge in [0, 0.05) is 24.6 Å². The molecular weight excluding hydrogens is 200 g/mol. The van der Waals surface area contributed by atoms with Gasteiger partial charge < -0.3 is 15.6 Å². The van der Waals surface area contributed by atoms with Crippen molar-refractivity contribution in [3.05, 3.63) is 42.2 Å². The first-order valence-corrected chi connectivity index (χ1v) is 5.46. The first-order chi connectivity index (χ1) is 7.83. The lowest BCUT2D eigenvalue weighted by atomic mass is 10.0. The maximum atomic E-state index is 5.79. The highest BCUT2D eigenvalue weighted by atomic mass is 15.2.